The summed E-state index contributed by atoms with van der Waals surface area (Å²) < 4.78 is 13.7. The van der Waals surface area contributed by atoms with E-state index in [2.05, 4.69) is 6.92 Å². The van der Waals surface area contributed by atoms with Gasteiger partial charge in [-0.1, -0.05) is 50.8 Å². The van der Waals surface area contributed by atoms with Crippen LogP contribution in [0.4, 0.5) is 4.39 Å². The Kier molecular flexibility index (Phi) is 4.76. The summed E-state index contributed by atoms with van der Waals surface area (Å²) >= 11 is 0. The van der Waals surface area contributed by atoms with E-state index in [1.54, 1.807) is 18.2 Å². The molecule has 1 aliphatic rings. The molecule has 0 aliphatic heterocycles. The lowest BCUT2D eigenvalue weighted by molar-refractivity contribution is 0.0640. The minimum atomic E-state index is -0.633. The molecule has 1 aliphatic carbocycles. The first kappa shape index (κ1) is 13.5. The zero-order valence-corrected chi connectivity index (χ0v) is 11.1. The van der Waals surface area contributed by atoms with Gasteiger partial charge in [0.05, 0.1) is 6.10 Å². The van der Waals surface area contributed by atoms with Gasteiger partial charge in [-0.25, -0.2) is 4.39 Å². The van der Waals surface area contributed by atoms with Crippen LogP contribution in [0.2, 0.25) is 0 Å². The Morgan fingerprint density at radius 2 is 2.11 bits per heavy atom. The number of halogens is 1. The third kappa shape index (κ3) is 3.11. The summed E-state index contributed by atoms with van der Waals surface area (Å²) in [5, 5.41) is 10.4. The maximum Gasteiger partial charge on any atom is 0.129 e. The Balaban J connectivity index is 2.04. The van der Waals surface area contributed by atoms with Crippen molar-refractivity contribution in [1.82, 2.24) is 0 Å². The monoisotopic (exact) mass is 250 g/mol. The molecular weight excluding hydrogens is 227 g/mol. The highest BCUT2D eigenvalue weighted by molar-refractivity contribution is 5.20. The van der Waals surface area contributed by atoms with Gasteiger partial charge in [-0.15, -0.1) is 0 Å². The highest BCUT2D eigenvalue weighted by Gasteiger charge is 2.28. The minimum Gasteiger partial charge on any atom is -0.388 e. The highest BCUT2D eigenvalue weighted by atomic mass is 19.1. The normalized spacial score (nSPS) is 25.9. The molecule has 0 bridgehead atoms. The minimum absolute atomic E-state index is 0.229. The van der Waals surface area contributed by atoms with E-state index < -0.39 is 6.10 Å². The van der Waals surface area contributed by atoms with E-state index >= 15 is 0 Å². The SMILES string of the molecule is CCC[C@@H]1CCC[C@H]([C@H](O)c2ccccc2F)C1. The van der Waals surface area contributed by atoms with E-state index in [0.29, 0.717) is 5.56 Å². The molecule has 1 N–H and O–H groups in total. The van der Waals surface area contributed by atoms with Gasteiger partial charge < -0.3 is 5.11 Å². The maximum absolute atomic E-state index is 13.7. The summed E-state index contributed by atoms with van der Waals surface area (Å²) in [4.78, 5) is 0. The molecule has 0 amide bonds. The number of hydrogen-bond donors (Lipinski definition) is 1. The van der Waals surface area contributed by atoms with Crippen molar-refractivity contribution < 1.29 is 9.50 Å². The smallest absolute Gasteiger partial charge is 0.129 e. The zero-order valence-electron chi connectivity index (χ0n) is 11.1. The predicted molar refractivity (Wildman–Crippen MR) is 71.7 cm³/mol. The Labute approximate surface area is 109 Å². The lowest BCUT2D eigenvalue weighted by Gasteiger charge is -2.32. The second-order valence-electron chi connectivity index (χ2n) is 5.55. The molecule has 1 fully saturated rings. The molecule has 0 heterocycles. The molecule has 3 atom stereocenters. The fourth-order valence-corrected chi connectivity index (χ4v) is 3.26. The molecule has 0 saturated heterocycles. The number of aliphatic hydroxyl groups excluding tert-OH is 1. The van der Waals surface area contributed by atoms with E-state index in [1.165, 1.54) is 31.7 Å². The molecule has 2 heteroatoms. The molecule has 1 saturated carbocycles. The van der Waals surface area contributed by atoms with Crippen molar-refractivity contribution >= 4 is 0 Å². The maximum atomic E-state index is 13.7. The van der Waals surface area contributed by atoms with Gasteiger partial charge in [-0.05, 0) is 30.7 Å². The van der Waals surface area contributed by atoms with E-state index in [4.69, 9.17) is 0 Å². The second kappa shape index (κ2) is 6.33. The first-order valence-electron chi connectivity index (χ1n) is 7.14. The topological polar surface area (TPSA) is 20.2 Å². The average Bonchev–Trinajstić information content (AvgIpc) is 2.39. The quantitative estimate of drug-likeness (QED) is 0.836. The van der Waals surface area contributed by atoms with Crippen LogP contribution in [0.5, 0.6) is 0 Å². The summed E-state index contributed by atoms with van der Waals surface area (Å²) in [6.45, 7) is 2.21. The van der Waals surface area contributed by atoms with Crippen LogP contribution in [-0.2, 0) is 0 Å². The van der Waals surface area contributed by atoms with Crippen molar-refractivity contribution in [2.45, 2.75) is 51.6 Å². The van der Waals surface area contributed by atoms with Gasteiger partial charge in [0.1, 0.15) is 5.82 Å². The van der Waals surface area contributed by atoms with E-state index in [1.807, 2.05) is 0 Å². The van der Waals surface area contributed by atoms with Gasteiger partial charge in [0.2, 0.25) is 0 Å². The van der Waals surface area contributed by atoms with Gasteiger partial charge in [-0.2, -0.15) is 0 Å². The standard InChI is InChI=1S/C16H23FO/c1-2-6-12-7-5-8-13(11-12)16(18)14-9-3-4-10-15(14)17/h3-4,9-10,12-13,16,18H,2,5-8,11H2,1H3/t12-,13+,16+/m1/s1. The number of hydrogen-bond acceptors (Lipinski definition) is 1. The Morgan fingerprint density at radius 3 is 2.83 bits per heavy atom. The van der Waals surface area contributed by atoms with Gasteiger partial charge in [0.15, 0.2) is 0 Å². The van der Waals surface area contributed by atoms with Crippen molar-refractivity contribution in [1.29, 1.82) is 0 Å². The number of benzene rings is 1. The number of rotatable bonds is 4. The molecule has 0 spiro atoms. The van der Waals surface area contributed by atoms with Crippen molar-refractivity contribution in [2.75, 3.05) is 0 Å². The lowest BCUT2D eigenvalue weighted by Crippen LogP contribution is -2.22. The van der Waals surface area contributed by atoms with Crippen molar-refractivity contribution in [3.8, 4) is 0 Å². The molecule has 0 aromatic heterocycles. The van der Waals surface area contributed by atoms with E-state index in [0.717, 1.165) is 18.8 Å². The molecule has 1 nitrogen and oxygen atoms in total. The summed E-state index contributed by atoms with van der Waals surface area (Å²) in [5.41, 5.74) is 0.472. The summed E-state index contributed by atoms with van der Waals surface area (Å²) in [7, 11) is 0. The molecule has 18 heavy (non-hydrogen) atoms. The Bertz CT molecular complexity index is 375. The van der Waals surface area contributed by atoms with Gasteiger partial charge in [0, 0.05) is 5.56 Å². The predicted octanol–water partition coefficient (Wildman–Crippen LogP) is 4.47. The lowest BCUT2D eigenvalue weighted by atomic mass is 9.75. The molecule has 100 valence electrons. The fourth-order valence-electron chi connectivity index (χ4n) is 3.26. The number of aliphatic hydroxyl groups is 1. The summed E-state index contributed by atoms with van der Waals surface area (Å²) in [6, 6.07) is 6.62. The van der Waals surface area contributed by atoms with Gasteiger partial charge >= 0.3 is 0 Å². The van der Waals surface area contributed by atoms with Crippen LogP contribution in [0.25, 0.3) is 0 Å². The highest BCUT2D eigenvalue weighted by Crippen LogP contribution is 2.39. The molecular formula is C16H23FO. The first-order valence-corrected chi connectivity index (χ1v) is 7.14. The largest absolute Gasteiger partial charge is 0.388 e. The molecule has 2 rings (SSSR count). The van der Waals surface area contributed by atoms with Crippen LogP contribution >= 0.6 is 0 Å². The van der Waals surface area contributed by atoms with E-state index in [9.17, 15) is 9.50 Å². The Hall–Kier alpha value is -0.890. The first-order chi connectivity index (χ1) is 8.72. The van der Waals surface area contributed by atoms with Gasteiger partial charge in [0.25, 0.3) is 0 Å². The van der Waals surface area contributed by atoms with Crippen molar-refractivity contribution in [2.24, 2.45) is 11.8 Å². The molecule has 0 unspecified atom stereocenters. The third-order valence-electron chi connectivity index (χ3n) is 4.19. The second-order valence-corrected chi connectivity index (χ2v) is 5.55. The van der Waals surface area contributed by atoms with Crippen molar-refractivity contribution in [3.05, 3.63) is 35.6 Å². The third-order valence-corrected chi connectivity index (χ3v) is 4.19. The fraction of sp³-hybridized carbons (Fsp3) is 0.625. The summed E-state index contributed by atoms with van der Waals surface area (Å²) in [6.07, 6.45) is 6.31. The van der Waals surface area contributed by atoms with E-state index in [-0.39, 0.29) is 11.7 Å². The van der Waals surface area contributed by atoms with Gasteiger partial charge in [-0.3, -0.25) is 0 Å². The van der Waals surface area contributed by atoms with Crippen LogP contribution in [0.3, 0.4) is 0 Å². The van der Waals surface area contributed by atoms with Crippen LogP contribution in [0.1, 0.15) is 57.1 Å². The van der Waals surface area contributed by atoms with Crippen LogP contribution in [0, 0.1) is 17.7 Å². The van der Waals surface area contributed by atoms with Crippen LogP contribution in [-0.4, -0.2) is 5.11 Å². The van der Waals surface area contributed by atoms with Crippen molar-refractivity contribution in [3.63, 3.8) is 0 Å². The summed E-state index contributed by atoms with van der Waals surface area (Å²) in [5.74, 6) is 0.671. The zero-order chi connectivity index (χ0) is 13.0. The van der Waals surface area contributed by atoms with Crippen LogP contribution < -0.4 is 0 Å². The molecule has 1 aromatic rings. The average molecular weight is 250 g/mol. The van der Waals surface area contributed by atoms with Crippen LogP contribution in [0.15, 0.2) is 24.3 Å². The molecule has 1 aromatic carbocycles. The molecule has 0 radical (unpaired) electrons. The Morgan fingerprint density at radius 1 is 1.33 bits per heavy atom.